The number of nitrogens with zero attached hydrogens (tertiary/aromatic N) is 2. The minimum absolute atomic E-state index is 0.0679. The highest BCUT2D eigenvalue weighted by molar-refractivity contribution is 7.89. The van der Waals surface area contributed by atoms with Gasteiger partial charge in [0.05, 0.1) is 4.90 Å². The molecule has 0 atom stereocenters. The summed E-state index contributed by atoms with van der Waals surface area (Å²) >= 11 is 0. The van der Waals surface area contributed by atoms with E-state index in [1.807, 2.05) is 38.1 Å². The Morgan fingerprint density at radius 1 is 1.00 bits per heavy atom. The van der Waals surface area contributed by atoms with Crippen molar-refractivity contribution in [2.75, 3.05) is 7.05 Å². The Morgan fingerprint density at radius 3 is 2.04 bits per heavy atom. The molecule has 2 aromatic rings. The maximum atomic E-state index is 12.4. The van der Waals surface area contributed by atoms with E-state index in [1.54, 1.807) is 31.6 Å². The van der Waals surface area contributed by atoms with Crippen LogP contribution >= 0.6 is 0 Å². The Morgan fingerprint density at radius 2 is 1.52 bits per heavy atom. The van der Waals surface area contributed by atoms with Crippen molar-refractivity contribution in [3.8, 4) is 0 Å². The molecule has 0 aliphatic carbocycles. The molecule has 0 bridgehead atoms. The van der Waals surface area contributed by atoms with Gasteiger partial charge in [0.15, 0.2) is 0 Å². The van der Waals surface area contributed by atoms with E-state index >= 15 is 0 Å². The molecule has 1 N–H and O–H groups in total. The molecule has 1 aromatic heterocycles. The summed E-state index contributed by atoms with van der Waals surface area (Å²) < 4.78 is 26.2. The van der Waals surface area contributed by atoms with Crippen molar-refractivity contribution in [2.24, 2.45) is 0 Å². The van der Waals surface area contributed by atoms with E-state index in [1.165, 1.54) is 4.31 Å². The Bertz CT molecular complexity index is 713. The standard InChI is InChI=1S/C17H23N3O2S/c1-14(2)20(3)23(21,22)17-6-4-15(5-7-17)12-19-13-16-8-10-18-11-9-16/h4-11,14,19H,12-13H2,1-3H3. The van der Waals surface area contributed by atoms with Crippen LogP contribution < -0.4 is 5.32 Å². The predicted molar refractivity (Wildman–Crippen MR) is 91.3 cm³/mol. The lowest BCUT2D eigenvalue weighted by Gasteiger charge is -2.21. The van der Waals surface area contributed by atoms with Crippen molar-refractivity contribution >= 4 is 10.0 Å². The Kier molecular flexibility index (Phi) is 5.87. The van der Waals surface area contributed by atoms with E-state index in [9.17, 15) is 8.42 Å². The van der Waals surface area contributed by atoms with E-state index in [4.69, 9.17) is 0 Å². The van der Waals surface area contributed by atoms with Gasteiger partial charge in [-0.15, -0.1) is 0 Å². The molecule has 0 spiro atoms. The Balaban J connectivity index is 1.97. The van der Waals surface area contributed by atoms with Gasteiger partial charge in [0.25, 0.3) is 0 Å². The van der Waals surface area contributed by atoms with Gasteiger partial charge in [0.2, 0.25) is 10.0 Å². The third kappa shape index (κ3) is 4.60. The van der Waals surface area contributed by atoms with Gasteiger partial charge in [0.1, 0.15) is 0 Å². The zero-order valence-electron chi connectivity index (χ0n) is 13.7. The summed E-state index contributed by atoms with van der Waals surface area (Å²) in [5.74, 6) is 0. The van der Waals surface area contributed by atoms with E-state index in [0.29, 0.717) is 11.4 Å². The third-order valence-corrected chi connectivity index (χ3v) is 5.78. The first kappa shape index (κ1) is 17.6. The molecule has 0 saturated heterocycles. The number of nitrogens with one attached hydrogen (secondary N) is 1. The van der Waals surface area contributed by atoms with Gasteiger partial charge < -0.3 is 5.32 Å². The lowest BCUT2D eigenvalue weighted by molar-refractivity contribution is 0.410. The lowest BCUT2D eigenvalue weighted by atomic mass is 10.2. The summed E-state index contributed by atoms with van der Waals surface area (Å²) in [5.41, 5.74) is 2.21. The minimum atomic E-state index is -3.41. The van der Waals surface area contributed by atoms with Crippen molar-refractivity contribution in [3.05, 3.63) is 59.9 Å². The predicted octanol–water partition coefficient (Wildman–Crippen LogP) is 2.40. The minimum Gasteiger partial charge on any atom is -0.309 e. The van der Waals surface area contributed by atoms with Crippen LogP contribution in [0.25, 0.3) is 0 Å². The topological polar surface area (TPSA) is 62.3 Å². The summed E-state index contributed by atoms with van der Waals surface area (Å²) in [6.07, 6.45) is 3.53. The second-order valence-electron chi connectivity index (χ2n) is 5.72. The molecule has 0 aliphatic heterocycles. The van der Waals surface area contributed by atoms with Crippen LogP contribution in [0.1, 0.15) is 25.0 Å². The SMILES string of the molecule is CC(C)N(C)S(=O)(=O)c1ccc(CNCc2ccncc2)cc1. The largest absolute Gasteiger partial charge is 0.309 e. The molecular formula is C17H23N3O2S. The van der Waals surface area contributed by atoms with Crippen LogP contribution in [0, 0.1) is 0 Å². The molecule has 0 fully saturated rings. The fourth-order valence-electron chi connectivity index (χ4n) is 2.07. The van der Waals surface area contributed by atoms with E-state index in [-0.39, 0.29) is 6.04 Å². The third-order valence-electron chi connectivity index (χ3n) is 3.74. The van der Waals surface area contributed by atoms with Crippen LogP contribution in [0.2, 0.25) is 0 Å². The molecule has 0 amide bonds. The number of pyridine rings is 1. The second-order valence-corrected chi connectivity index (χ2v) is 7.72. The first-order valence-electron chi connectivity index (χ1n) is 7.58. The molecule has 124 valence electrons. The van der Waals surface area contributed by atoms with Gasteiger partial charge in [-0.25, -0.2) is 8.42 Å². The van der Waals surface area contributed by atoms with Crippen LogP contribution in [0.4, 0.5) is 0 Å². The number of hydrogen-bond acceptors (Lipinski definition) is 4. The van der Waals surface area contributed by atoms with Gasteiger partial charge >= 0.3 is 0 Å². The normalized spacial score (nSPS) is 12.0. The van der Waals surface area contributed by atoms with Crippen molar-refractivity contribution < 1.29 is 8.42 Å². The molecular weight excluding hydrogens is 310 g/mol. The monoisotopic (exact) mass is 333 g/mol. The highest BCUT2D eigenvalue weighted by atomic mass is 32.2. The number of aromatic nitrogens is 1. The summed E-state index contributed by atoms with van der Waals surface area (Å²) in [6.45, 7) is 5.14. The summed E-state index contributed by atoms with van der Waals surface area (Å²) in [7, 11) is -1.81. The van der Waals surface area contributed by atoms with Crippen LogP contribution in [0.5, 0.6) is 0 Å². The van der Waals surface area contributed by atoms with Gasteiger partial charge in [0, 0.05) is 38.6 Å². The quantitative estimate of drug-likeness (QED) is 0.845. The molecule has 5 nitrogen and oxygen atoms in total. The van der Waals surface area contributed by atoms with Gasteiger partial charge in [-0.05, 0) is 49.2 Å². The smallest absolute Gasteiger partial charge is 0.243 e. The number of benzene rings is 1. The van der Waals surface area contributed by atoms with Crippen molar-refractivity contribution in [1.29, 1.82) is 0 Å². The molecule has 0 aliphatic rings. The molecule has 6 heteroatoms. The van der Waals surface area contributed by atoms with Crippen molar-refractivity contribution in [1.82, 2.24) is 14.6 Å². The van der Waals surface area contributed by atoms with Gasteiger partial charge in [-0.1, -0.05) is 12.1 Å². The first-order chi connectivity index (χ1) is 10.9. The van der Waals surface area contributed by atoms with Gasteiger partial charge in [-0.3, -0.25) is 4.98 Å². The number of rotatable bonds is 7. The Hall–Kier alpha value is -1.76. The van der Waals surface area contributed by atoms with Gasteiger partial charge in [-0.2, -0.15) is 4.31 Å². The van der Waals surface area contributed by atoms with Crippen LogP contribution in [0.15, 0.2) is 53.7 Å². The van der Waals surface area contributed by atoms with Crippen molar-refractivity contribution in [3.63, 3.8) is 0 Å². The molecule has 0 saturated carbocycles. The highest BCUT2D eigenvalue weighted by Crippen LogP contribution is 2.17. The average Bonchev–Trinajstić information content (AvgIpc) is 2.55. The zero-order chi connectivity index (χ0) is 16.9. The van der Waals surface area contributed by atoms with Crippen LogP contribution in [0.3, 0.4) is 0 Å². The molecule has 1 aromatic carbocycles. The molecule has 0 unspecified atom stereocenters. The summed E-state index contributed by atoms with van der Waals surface area (Å²) in [6, 6.07) is 10.9. The first-order valence-corrected chi connectivity index (χ1v) is 9.02. The van der Waals surface area contributed by atoms with Crippen molar-refractivity contribution in [2.45, 2.75) is 37.9 Å². The van der Waals surface area contributed by atoms with Crippen LogP contribution in [-0.4, -0.2) is 30.8 Å². The van der Waals surface area contributed by atoms with E-state index in [0.717, 1.165) is 17.7 Å². The molecule has 23 heavy (non-hydrogen) atoms. The Labute approximate surface area is 138 Å². The van der Waals surface area contributed by atoms with E-state index in [2.05, 4.69) is 10.3 Å². The maximum absolute atomic E-state index is 12.4. The lowest BCUT2D eigenvalue weighted by Crippen LogP contribution is -2.33. The van der Waals surface area contributed by atoms with E-state index < -0.39 is 10.0 Å². The zero-order valence-corrected chi connectivity index (χ0v) is 14.5. The molecule has 0 radical (unpaired) electrons. The average molecular weight is 333 g/mol. The number of hydrogen-bond donors (Lipinski definition) is 1. The second kappa shape index (κ2) is 7.68. The summed E-state index contributed by atoms with van der Waals surface area (Å²) in [5, 5.41) is 3.33. The highest BCUT2D eigenvalue weighted by Gasteiger charge is 2.22. The van der Waals surface area contributed by atoms with Crippen LogP contribution in [-0.2, 0) is 23.1 Å². The fourth-order valence-corrected chi connectivity index (χ4v) is 3.44. The fraction of sp³-hybridized carbons (Fsp3) is 0.353. The summed E-state index contributed by atoms with van der Waals surface area (Å²) in [4.78, 5) is 4.31. The number of sulfonamides is 1. The maximum Gasteiger partial charge on any atom is 0.243 e. The molecule has 1 heterocycles. The molecule has 2 rings (SSSR count).